The Labute approximate surface area is 162 Å². The van der Waals surface area contributed by atoms with Crippen molar-refractivity contribution in [3.05, 3.63) is 29.8 Å². The van der Waals surface area contributed by atoms with Gasteiger partial charge in [-0.25, -0.2) is 9.59 Å². The molecule has 1 fully saturated rings. The van der Waals surface area contributed by atoms with E-state index in [1.807, 2.05) is 6.92 Å². The maximum Gasteiger partial charge on any atom is 0.348 e. The molecule has 1 aromatic rings. The van der Waals surface area contributed by atoms with Crippen LogP contribution in [0, 0.1) is 0 Å². The number of unbranched alkanes of at least 4 members (excludes halogenated alkanes) is 1. The predicted octanol–water partition coefficient (Wildman–Crippen LogP) is 1.39. The largest absolute Gasteiger partial charge is 0.478 e. The number of anilines is 1. The molecule has 2 rings (SSSR count). The molecule has 0 spiro atoms. The molecule has 0 bridgehead atoms. The van der Waals surface area contributed by atoms with Crippen molar-refractivity contribution in [1.82, 2.24) is 0 Å². The Morgan fingerprint density at radius 3 is 2.75 bits per heavy atom. The lowest BCUT2D eigenvalue weighted by atomic mass is 10.1. The van der Waals surface area contributed by atoms with Crippen LogP contribution in [0.3, 0.4) is 0 Å². The van der Waals surface area contributed by atoms with Gasteiger partial charge in [-0.15, -0.1) is 0 Å². The molecule has 1 amide bonds. The molecule has 0 saturated carbocycles. The number of aliphatic carboxylic acids is 1. The fourth-order valence-corrected chi connectivity index (χ4v) is 2.69. The summed E-state index contributed by atoms with van der Waals surface area (Å²) in [6.45, 7) is 3.55. The molecule has 0 radical (unpaired) electrons. The lowest BCUT2D eigenvalue weighted by Gasteiger charge is -2.34. The van der Waals surface area contributed by atoms with Gasteiger partial charge in [0, 0.05) is 19.2 Å². The fourth-order valence-electron chi connectivity index (χ4n) is 2.69. The quantitative estimate of drug-likeness (QED) is 0.520. The van der Waals surface area contributed by atoms with Gasteiger partial charge in [0.15, 0.2) is 6.10 Å². The van der Waals surface area contributed by atoms with Gasteiger partial charge in [-0.05, 0) is 24.6 Å². The summed E-state index contributed by atoms with van der Waals surface area (Å²) in [5, 5.41) is 9.28. The van der Waals surface area contributed by atoms with E-state index in [1.54, 1.807) is 18.2 Å². The number of carbonyl (C=O) groups is 4. The standard InChI is InChI=1S/C19H23NO8/c1-3-4-9-27-19(25)13-6-5-7-14(11-13)20-8-10-26-15(17(20)22)16(18(23)24)28-12(2)21/h5-7,11,15-16H,3-4,8-10H2,1-2H3,(H,23,24)/t15-,16-/m1/s1. The van der Waals surface area contributed by atoms with E-state index in [-0.39, 0.29) is 18.7 Å². The average Bonchev–Trinajstić information content (AvgIpc) is 2.66. The average molecular weight is 393 g/mol. The first kappa shape index (κ1) is 21.4. The molecule has 9 nitrogen and oxygen atoms in total. The molecule has 1 heterocycles. The number of morpholine rings is 1. The first-order valence-corrected chi connectivity index (χ1v) is 8.95. The maximum atomic E-state index is 12.8. The van der Waals surface area contributed by atoms with Crippen LogP contribution in [0.15, 0.2) is 24.3 Å². The van der Waals surface area contributed by atoms with Crippen LogP contribution in [0.2, 0.25) is 0 Å². The Morgan fingerprint density at radius 1 is 1.36 bits per heavy atom. The smallest absolute Gasteiger partial charge is 0.348 e. The van der Waals surface area contributed by atoms with E-state index in [1.165, 1.54) is 11.0 Å². The van der Waals surface area contributed by atoms with Crippen LogP contribution in [0.5, 0.6) is 0 Å². The van der Waals surface area contributed by atoms with Crippen LogP contribution in [0.25, 0.3) is 0 Å². The van der Waals surface area contributed by atoms with E-state index in [0.29, 0.717) is 12.3 Å². The van der Waals surface area contributed by atoms with Gasteiger partial charge in [-0.2, -0.15) is 0 Å². The minimum Gasteiger partial charge on any atom is -0.478 e. The second kappa shape index (κ2) is 9.84. The monoisotopic (exact) mass is 393 g/mol. The van der Waals surface area contributed by atoms with Crippen LogP contribution in [-0.4, -0.2) is 60.9 Å². The molecule has 28 heavy (non-hydrogen) atoms. The van der Waals surface area contributed by atoms with E-state index in [4.69, 9.17) is 14.2 Å². The van der Waals surface area contributed by atoms with Crippen molar-refractivity contribution in [2.75, 3.05) is 24.7 Å². The molecule has 0 aliphatic carbocycles. The molecule has 1 aliphatic heterocycles. The number of rotatable bonds is 8. The molecule has 2 atom stereocenters. The summed E-state index contributed by atoms with van der Waals surface area (Å²) >= 11 is 0. The van der Waals surface area contributed by atoms with Crippen molar-refractivity contribution in [2.24, 2.45) is 0 Å². The highest BCUT2D eigenvalue weighted by atomic mass is 16.6. The van der Waals surface area contributed by atoms with E-state index in [2.05, 4.69) is 0 Å². The minimum atomic E-state index is -1.75. The zero-order valence-corrected chi connectivity index (χ0v) is 15.8. The predicted molar refractivity (Wildman–Crippen MR) is 96.9 cm³/mol. The number of nitrogens with zero attached hydrogens (tertiary/aromatic N) is 1. The number of hydrogen-bond donors (Lipinski definition) is 1. The number of amides is 1. The number of benzene rings is 1. The van der Waals surface area contributed by atoms with Crippen LogP contribution >= 0.6 is 0 Å². The third kappa shape index (κ3) is 5.29. The van der Waals surface area contributed by atoms with E-state index < -0.39 is 36.0 Å². The lowest BCUT2D eigenvalue weighted by molar-refractivity contribution is -0.177. The summed E-state index contributed by atoms with van der Waals surface area (Å²) in [4.78, 5) is 48.8. The number of ether oxygens (including phenoxy) is 3. The van der Waals surface area contributed by atoms with E-state index >= 15 is 0 Å². The highest BCUT2D eigenvalue weighted by Crippen LogP contribution is 2.23. The van der Waals surface area contributed by atoms with Crippen molar-refractivity contribution >= 4 is 29.5 Å². The SMILES string of the molecule is CCCCOC(=O)c1cccc(N2CCO[C@H]([C@@H](OC(C)=O)C(=O)O)C2=O)c1. The fraction of sp³-hybridized carbons (Fsp3) is 0.474. The summed E-state index contributed by atoms with van der Waals surface area (Å²) in [7, 11) is 0. The van der Waals surface area contributed by atoms with Gasteiger partial charge in [-0.3, -0.25) is 9.59 Å². The lowest BCUT2D eigenvalue weighted by Crippen LogP contribution is -2.55. The van der Waals surface area contributed by atoms with Crippen molar-refractivity contribution in [3.8, 4) is 0 Å². The first-order valence-electron chi connectivity index (χ1n) is 8.95. The molecular weight excluding hydrogens is 370 g/mol. The summed E-state index contributed by atoms with van der Waals surface area (Å²) < 4.78 is 15.2. The van der Waals surface area contributed by atoms with Gasteiger partial charge in [0.25, 0.3) is 5.91 Å². The molecule has 152 valence electrons. The Bertz CT molecular complexity index is 747. The Kier molecular flexibility index (Phi) is 7.51. The van der Waals surface area contributed by atoms with E-state index in [0.717, 1.165) is 19.8 Å². The number of carbonyl (C=O) groups excluding carboxylic acids is 3. The van der Waals surface area contributed by atoms with Crippen LogP contribution in [0.1, 0.15) is 37.0 Å². The summed E-state index contributed by atoms with van der Waals surface area (Å²) in [5.41, 5.74) is 0.675. The van der Waals surface area contributed by atoms with Crippen molar-refractivity contribution in [1.29, 1.82) is 0 Å². The van der Waals surface area contributed by atoms with Gasteiger partial charge in [0.1, 0.15) is 0 Å². The summed E-state index contributed by atoms with van der Waals surface area (Å²) in [6, 6.07) is 6.28. The van der Waals surface area contributed by atoms with Crippen LogP contribution < -0.4 is 4.90 Å². The Balaban J connectivity index is 2.19. The van der Waals surface area contributed by atoms with Gasteiger partial charge >= 0.3 is 17.9 Å². The number of esters is 2. The molecule has 0 aromatic heterocycles. The Hall–Kier alpha value is -2.94. The topological polar surface area (TPSA) is 119 Å². The van der Waals surface area contributed by atoms with Crippen molar-refractivity contribution in [2.45, 2.75) is 38.9 Å². The third-order valence-electron chi connectivity index (χ3n) is 4.06. The number of carboxylic acid groups (broad SMARTS) is 1. The van der Waals surface area contributed by atoms with Gasteiger partial charge < -0.3 is 24.2 Å². The molecular formula is C19H23NO8. The minimum absolute atomic E-state index is 0.0482. The zero-order chi connectivity index (χ0) is 20.7. The van der Waals surface area contributed by atoms with Gasteiger partial charge in [0.05, 0.1) is 18.8 Å². The highest BCUT2D eigenvalue weighted by Gasteiger charge is 2.42. The van der Waals surface area contributed by atoms with Crippen LogP contribution in [0.4, 0.5) is 5.69 Å². The molecule has 0 unspecified atom stereocenters. The third-order valence-corrected chi connectivity index (χ3v) is 4.06. The summed E-state index contributed by atoms with van der Waals surface area (Å²) in [5.74, 6) is -3.49. The summed E-state index contributed by atoms with van der Waals surface area (Å²) in [6.07, 6.45) is -1.59. The molecule has 1 aliphatic rings. The number of hydrogen-bond acceptors (Lipinski definition) is 7. The molecule has 1 aromatic carbocycles. The van der Waals surface area contributed by atoms with Gasteiger partial charge in [-0.1, -0.05) is 19.4 Å². The Morgan fingerprint density at radius 2 is 2.11 bits per heavy atom. The van der Waals surface area contributed by atoms with Crippen molar-refractivity contribution < 1.29 is 38.5 Å². The van der Waals surface area contributed by atoms with E-state index in [9.17, 15) is 24.3 Å². The van der Waals surface area contributed by atoms with Crippen molar-refractivity contribution in [3.63, 3.8) is 0 Å². The maximum absolute atomic E-state index is 12.8. The van der Waals surface area contributed by atoms with Gasteiger partial charge in [0.2, 0.25) is 6.10 Å². The molecule has 9 heteroatoms. The highest BCUT2D eigenvalue weighted by molar-refractivity contribution is 6.01. The normalized spacial score (nSPS) is 17.7. The second-order valence-electron chi connectivity index (χ2n) is 6.19. The number of carboxylic acids is 1. The zero-order valence-electron chi connectivity index (χ0n) is 15.8. The van der Waals surface area contributed by atoms with Crippen LogP contribution in [-0.2, 0) is 28.6 Å². The second-order valence-corrected chi connectivity index (χ2v) is 6.19. The first-order chi connectivity index (χ1) is 13.3. The molecule has 1 saturated heterocycles. The molecule has 1 N–H and O–H groups in total.